The Bertz CT molecular complexity index is 897. The lowest BCUT2D eigenvalue weighted by molar-refractivity contribution is 0.302. The quantitative estimate of drug-likeness (QED) is 0.678. The van der Waals surface area contributed by atoms with Crippen LogP contribution in [0.15, 0.2) is 59.8 Å². The fraction of sp³-hybridized carbons (Fsp3) is 0.188. The van der Waals surface area contributed by atoms with Gasteiger partial charge in [-0.15, -0.1) is 14.5 Å². The predicted octanol–water partition coefficient (Wildman–Crippen LogP) is 1.76. The van der Waals surface area contributed by atoms with Gasteiger partial charge in [0.15, 0.2) is 26.9 Å². The molecule has 1 atom stereocenters. The number of hydrogen-bond acceptors (Lipinski definition) is 5. The van der Waals surface area contributed by atoms with Gasteiger partial charge in [-0.1, -0.05) is 22.4 Å². The number of nitrogens with zero attached hydrogens (tertiary/aromatic N) is 5. The highest BCUT2D eigenvalue weighted by atomic mass is 32.3. The highest BCUT2D eigenvalue weighted by Gasteiger charge is 2.35. The van der Waals surface area contributed by atoms with Crippen molar-refractivity contribution in [3.05, 3.63) is 60.7 Å². The summed E-state index contributed by atoms with van der Waals surface area (Å²) in [5.74, 6) is 1.39. The van der Waals surface area contributed by atoms with Crippen LogP contribution in [0.5, 0.6) is 0 Å². The summed E-state index contributed by atoms with van der Waals surface area (Å²) in [4.78, 5) is 4.30. The number of aromatic nitrogens is 4. The van der Waals surface area contributed by atoms with Crippen molar-refractivity contribution in [1.82, 2.24) is 24.1 Å². The lowest BCUT2D eigenvalue weighted by Crippen LogP contribution is -2.42. The molecule has 3 heterocycles. The molecule has 0 saturated heterocycles. The molecule has 3 aromatic rings. The van der Waals surface area contributed by atoms with E-state index in [9.17, 15) is 8.76 Å². The lowest BCUT2D eigenvalue weighted by atomic mass is 10.2. The molecule has 0 saturated carbocycles. The molecule has 1 aliphatic heterocycles. The van der Waals surface area contributed by atoms with Crippen molar-refractivity contribution in [1.29, 1.82) is 0 Å². The molecule has 1 aliphatic rings. The first-order valence-corrected chi connectivity index (χ1v) is 8.98. The molecule has 1 aromatic carbocycles. The summed E-state index contributed by atoms with van der Waals surface area (Å²) < 4.78 is 28.9. The van der Waals surface area contributed by atoms with E-state index in [1.165, 1.54) is 4.31 Å². The molecule has 0 spiro atoms. The first kappa shape index (κ1) is 15.1. The normalized spacial score (nSPS) is 17.2. The van der Waals surface area contributed by atoms with Gasteiger partial charge in [0.2, 0.25) is 0 Å². The number of benzene rings is 1. The topological polar surface area (TPSA) is 87.0 Å². The van der Waals surface area contributed by atoms with E-state index in [0.29, 0.717) is 23.8 Å². The van der Waals surface area contributed by atoms with Crippen LogP contribution in [0.4, 0.5) is 0 Å². The first-order valence-electron chi connectivity index (χ1n) is 7.54. The Kier molecular flexibility index (Phi) is 3.72. The average molecular weight is 341 g/mol. The van der Waals surface area contributed by atoms with Crippen LogP contribution >= 0.6 is 0 Å². The summed E-state index contributed by atoms with van der Waals surface area (Å²) in [5.41, 5.74) is 0.920. The van der Waals surface area contributed by atoms with E-state index in [1.807, 2.05) is 16.7 Å². The van der Waals surface area contributed by atoms with Crippen LogP contribution in [0.25, 0.3) is 11.4 Å². The van der Waals surface area contributed by atoms with E-state index < -0.39 is 10.4 Å². The second-order valence-electron chi connectivity index (χ2n) is 5.48. The number of pyridine rings is 1. The van der Waals surface area contributed by atoms with E-state index in [4.69, 9.17) is 0 Å². The first-order chi connectivity index (χ1) is 11.7. The molecule has 2 aromatic heterocycles. The highest BCUT2D eigenvalue weighted by Crippen LogP contribution is 2.27. The Balaban J connectivity index is 1.64. The molecule has 0 N–H and O–H groups in total. The maximum absolute atomic E-state index is 12.7. The summed E-state index contributed by atoms with van der Waals surface area (Å²) in [6.45, 7) is 1.13. The zero-order valence-corrected chi connectivity index (χ0v) is 13.6. The Morgan fingerprint density at radius 2 is 1.75 bits per heavy atom. The Morgan fingerprint density at radius 1 is 1.00 bits per heavy atom. The third-order valence-corrected chi connectivity index (χ3v) is 5.90. The molecule has 122 valence electrons. The largest absolute Gasteiger partial charge is 0.593 e. The number of fused-ring (bicyclic) bond motifs is 1. The Morgan fingerprint density at radius 3 is 2.50 bits per heavy atom. The SMILES string of the molecule is O=[S+]([O-])(c1ccccc1)N1CCn2c(nnc2-c2ccncc2)C1. The standard InChI is InChI=1S/C16H15N5O2S/c22-24(23,14-4-2-1-3-5-14)20-10-11-21-15(12-20)18-19-16(21)13-6-8-17-9-7-13/h1-9H,10-12H2. The summed E-state index contributed by atoms with van der Waals surface area (Å²) in [6.07, 6.45) is 3.40. The van der Waals surface area contributed by atoms with Gasteiger partial charge >= 0.3 is 0 Å². The molecule has 0 amide bonds. The molecule has 7 nitrogen and oxygen atoms in total. The maximum atomic E-state index is 12.7. The molecule has 0 radical (unpaired) electrons. The molecule has 0 bridgehead atoms. The van der Waals surface area contributed by atoms with E-state index in [1.54, 1.807) is 42.7 Å². The van der Waals surface area contributed by atoms with Gasteiger partial charge < -0.3 is 9.12 Å². The van der Waals surface area contributed by atoms with E-state index >= 15 is 0 Å². The fourth-order valence-corrected chi connectivity index (χ4v) is 4.20. The van der Waals surface area contributed by atoms with Crippen molar-refractivity contribution in [3.8, 4) is 11.4 Å². The summed E-state index contributed by atoms with van der Waals surface area (Å²) >= 11 is 0. The smallest absolute Gasteiger partial charge is 0.175 e. The van der Waals surface area contributed by atoms with Crippen LogP contribution in [-0.4, -0.2) is 35.2 Å². The third kappa shape index (κ3) is 2.54. The molecule has 8 heteroatoms. The Hall–Kier alpha value is -2.42. The van der Waals surface area contributed by atoms with Gasteiger partial charge in [-0.25, -0.2) is 0 Å². The van der Waals surface area contributed by atoms with Crippen LogP contribution < -0.4 is 0 Å². The lowest BCUT2D eigenvalue weighted by Gasteiger charge is -2.30. The fourth-order valence-electron chi connectivity index (χ4n) is 2.80. The van der Waals surface area contributed by atoms with Gasteiger partial charge in [0.05, 0.1) is 6.54 Å². The highest BCUT2D eigenvalue weighted by molar-refractivity contribution is 7.95. The molecule has 1 unspecified atom stereocenters. The zero-order valence-electron chi connectivity index (χ0n) is 12.8. The van der Waals surface area contributed by atoms with Gasteiger partial charge in [-0.05, 0) is 24.3 Å². The maximum Gasteiger partial charge on any atom is 0.175 e. The molecule has 0 fully saturated rings. The molecular weight excluding hydrogens is 326 g/mol. The van der Waals surface area contributed by atoms with Crippen molar-refractivity contribution in [2.45, 2.75) is 18.0 Å². The average Bonchev–Trinajstić information content (AvgIpc) is 3.06. The van der Waals surface area contributed by atoms with E-state index in [-0.39, 0.29) is 6.54 Å². The van der Waals surface area contributed by atoms with Crippen molar-refractivity contribution in [2.75, 3.05) is 6.54 Å². The van der Waals surface area contributed by atoms with Gasteiger partial charge in [0.25, 0.3) is 0 Å². The van der Waals surface area contributed by atoms with Gasteiger partial charge in [-0.3, -0.25) is 4.98 Å². The van der Waals surface area contributed by atoms with Crippen LogP contribution in [-0.2, 0) is 27.7 Å². The van der Waals surface area contributed by atoms with Crippen LogP contribution in [0.3, 0.4) is 0 Å². The molecule has 0 aliphatic carbocycles. The van der Waals surface area contributed by atoms with Crippen LogP contribution in [0.2, 0.25) is 0 Å². The minimum absolute atomic E-state index is 0.218. The second kappa shape index (κ2) is 5.90. The number of hydrogen-bond donors (Lipinski definition) is 0. The molecule has 4 rings (SSSR count). The Labute approximate surface area is 140 Å². The van der Waals surface area contributed by atoms with Gasteiger partial charge in [-0.2, -0.15) is 0 Å². The third-order valence-electron chi connectivity index (χ3n) is 4.04. The molecule has 24 heavy (non-hydrogen) atoms. The van der Waals surface area contributed by atoms with Crippen LogP contribution in [0.1, 0.15) is 5.82 Å². The van der Waals surface area contributed by atoms with Crippen molar-refractivity contribution in [3.63, 3.8) is 0 Å². The predicted molar refractivity (Wildman–Crippen MR) is 87.2 cm³/mol. The van der Waals surface area contributed by atoms with Gasteiger partial charge in [0.1, 0.15) is 6.54 Å². The van der Waals surface area contributed by atoms with E-state index in [2.05, 4.69) is 15.2 Å². The second-order valence-corrected chi connectivity index (χ2v) is 7.42. The van der Waals surface area contributed by atoms with Crippen molar-refractivity contribution >= 4 is 10.4 Å². The van der Waals surface area contributed by atoms with Crippen molar-refractivity contribution < 1.29 is 8.76 Å². The molecular formula is C16H15N5O2S. The summed E-state index contributed by atoms with van der Waals surface area (Å²) in [6, 6.07) is 12.2. The summed E-state index contributed by atoms with van der Waals surface area (Å²) in [5, 5.41) is 8.40. The van der Waals surface area contributed by atoms with Crippen LogP contribution in [0, 0.1) is 0 Å². The monoisotopic (exact) mass is 341 g/mol. The van der Waals surface area contributed by atoms with E-state index in [0.717, 1.165) is 11.4 Å². The van der Waals surface area contributed by atoms with Crippen molar-refractivity contribution in [2.24, 2.45) is 0 Å². The summed E-state index contributed by atoms with van der Waals surface area (Å²) in [7, 11) is -3.52. The zero-order chi connectivity index (χ0) is 16.6. The number of sulfonamides is 1. The number of rotatable bonds is 3. The van der Waals surface area contributed by atoms with Gasteiger partial charge in [0, 0.05) is 24.5 Å². The minimum atomic E-state index is -3.52. The minimum Gasteiger partial charge on any atom is -0.593 e.